The molecule has 1 fully saturated rings. The summed E-state index contributed by atoms with van der Waals surface area (Å²) < 4.78 is -0.546. The zero-order valence-electron chi connectivity index (χ0n) is 15.5. The van der Waals surface area contributed by atoms with Crippen molar-refractivity contribution >= 4 is 35.1 Å². The highest BCUT2D eigenvalue weighted by atomic mass is 32.2. The number of rotatable bonds is 3. The Morgan fingerprint density at radius 1 is 0.857 bits per heavy atom. The van der Waals surface area contributed by atoms with Crippen molar-refractivity contribution in [2.75, 3.05) is 16.4 Å². The molecule has 0 unspecified atom stereocenters. The van der Waals surface area contributed by atoms with Gasteiger partial charge in [0.2, 0.25) is 5.91 Å². The molecule has 2 aliphatic heterocycles. The van der Waals surface area contributed by atoms with Gasteiger partial charge in [-0.25, -0.2) is 0 Å². The fourth-order valence-corrected chi connectivity index (χ4v) is 7.63. The number of para-hydroxylation sites is 1. The molecule has 2 heterocycles. The summed E-state index contributed by atoms with van der Waals surface area (Å²) in [5.74, 6) is 2.29. The first kappa shape index (κ1) is 17.9. The van der Waals surface area contributed by atoms with Gasteiger partial charge in [0.25, 0.3) is 0 Å². The molecule has 1 spiro atoms. The van der Waals surface area contributed by atoms with Gasteiger partial charge in [-0.05, 0) is 17.2 Å². The first-order valence-corrected chi connectivity index (χ1v) is 11.6. The van der Waals surface area contributed by atoms with Gasteiger partial charge < -0.3 is 4.90 Å². The molecule has 3 aromatic rings. The number of thioether (sulfide) groups is 2. The average molecular weight is 404 g/mol. The Labute approximate surface area is 174 Å². The molecule has 2 aliphatic rings. The van der Waals surface area contributed by atoms with E-state index in [1.54, 1.807) is 0 Å². The summed E-state index contributed by atoms with van der Waals surface area (Å²) in [5.41, 5.74) is 4.63. The quantitative estimate of drug-likeness (QED) is 0.564. The first-order chi connectivity index (χ1) is 13.8. The summed E-state index contributed by atoms with van der Waals surface area (Å²) in [6, 6.07) is 29.2. The zero-order valence-corrected chi connectivity index (χ0v) is 17.1. The van der Waals surface area contributed by atoms with Crippen molar-refractivity contribution in [2.45, 2.75) is 16.5 Å². The molecule has 4 heteroatoms. The highest BCUT2D eigenvalue weighted by molar-refractivity contribution is 8.07. The summed E-state index contributed by atoms with van der Waals surface area (Å²) in [4.78, 5) is 16.0. The predicted octanol–water partition coefficient (Wildman–Crippen LogP) is 5.65. The lowest BCUT2D eigenvalue weighted by atomic mass is 9.91. The van der Waals surface area contributed by atoms with Crippen LogP contribution in [0.2, 0.25) is 0 Å². The van der Waals surface area contributed by atoms with E-state index in [0.29, 0.717) is 6.54 Å². The fraction of sp³-hybridized carbons (Fsp3) is 0.208. The Balaban J connectivity index is 1.63. The monoisotopic (exact) mass is 403 g/mol. The summed E-state index contributed by atoms with van der Waals surface area (Å²) in [7, 11) is 0. The molecule has 1 amide bonds. The molecule has 140 valence electrons. The highest BCUT2D eigenvalue weighted by Crippen LogP contribution is 2.62. The van der Waals surface area contributed by atoms with Crippen molar-refractivity contribution in [3.8, 4) is 0 Å². The van der Waals surface area contributed by atoms with Crippen LogP contribution in [0.5, 0.6) is 0 Å². The van der Waals surface area contributed by atoms with E-state index in [9.17, 15) is 4.79 Å². The number of carbonyl (C=O) groups is 1. The van der Waals surface area contributed by atoms with Gasteiger partial charge >= 0.3 is 0 Å². The average Bonchev–Trinajstić information content (AvgIpc) is 2.99. The van der Waals surface area contributed by atoms with Gasteiger partial charge in [0.1, 0.15) is 4.75 Å². The van der Waals surface area contributed by atoms with Crippen LogP contribution in [0, 0.1) is 0 Å². The number of amides is 1. The minimum atomic E-state index is -0.546. The van der Waals surface area contributed by atoms with Gasteiger partial charge in [-0.1, -0.05) is 78.9 Å². The highest BCUT2D eigenvalue weighted by Gasteiger charge is 2.57. The molecule has 3 aromatic carbocycles. The van der Waals surface area contributed by atoms with E-state index in [1.165, 1.54) is 11.1 Å². The summed E-state index contributed by atoms with van der Waals surface area (Å²) in [6.45, 7) is 0.616. The number of hydrogen-bond acceptors (Lipinski definition) is 3. The van der Waals surface area contributed by atoms with Crippen molar-refractivity contribution in [3.05, 3.63) is 102 Å². The van der Waals surface area contributed by atoms with Gasteiger partial charge in [0.15, 0.2) is 0 Å². The normalized spacial score (nSPS) is 23.8. The molecule has 1 saturated heterocycles. The second kappa shape index (κ2) is 7.34. The van der Waals surface area contributed by atoms with E-state index in [4.69, 9.17) is 0 Å². The van der Waals surface area contributed by atoms with Crippen LogP contribution >= 0.6 is 23.5 Å². The standard InChI is InChI=1S/C24H21NOS2/c26-23-24(22(27-15-16-28-24)19-11-5-2-6-12-19)20-13-7-8-14-21(20)25(23)17-18-9-3-1-4-10-18/h1-14,22H,15-17H2/t22-,24+/m1/s1. The lowest BCUT2D eigenvalue weighted by molar-refractivity contribution is -0.120. The Kier molecular flexibility index (Phi) is 4.69. The Bertz CT molecular complexity index is 992. The number of fused-ring (bicyclic) bond motifs is 2. The van der Waals surface area contributed by atoms with E-state index in [2.05, 4.69) is 54.6 Å². The van der Waals surface area contributed by atoms with Crippen LogP contribution in [-0.4, -0.2) is 17.4 Å². The van der Waals surface area contributed by atoms with Crippen molar-refractivity contribution in [1.29, 1.82) is 0 Å². The van der Waals surface area contributed by atoms with Crippen LogP contribution in [0.4, 0.5) is 5.69 Å². The van der Waals surface area contributed by atoms with Gasteiger partial charge in [-0.2, -0.15) is 11.8 Å². The molecule has 0 N–H and O–H groups in total. The van der Waals surface area contributed by atoms with E-state index in [1.807, 2.05) is 58.8 Å². The maximum atomic E-state index is 14.0. The van der Waals surface area contributed by atoms with Crippen LogP contribution in [-0.2, 0) is 16.1 Å². The van der Waals surface area contributed by atoms with Crippen LogP contribution in [0.1, 0.15) is 21.9 Å². The number of benzene rings is 3. The molecule has 2 atom stereocenters. The van der Waals surface area contributed by atoms with Crippen LogP contribution < -0.4 is 4.90 Å². The smallest absolute Gasteiger partial charge is 0.249 e. The lowest BCUT2D eigenvalue weighted by Gasteiger charge is -2.39. The largest absolute Gasteiger partial charge is 0.306 e. The van der Waals surface area contributed by atoms with E-state index in [-0.39, 0.29) is 11.2 Å². The summed E-state index contributed by atoms with van der Waals surface area (Å²) in [5, 5.41) is 0.127. The number of hydrogen-bond donors (Lipinski definition) is 0. The molecule has 0 saturated carbocycles. The third-order valence-electron chi connectivity index (χ3n) is 5.51. The fourth-order valence-electron chi connectivity index (χ4n) is 4.28. The molecular formula is C24H21NOS2. The number of nitrogens with zero attached hydrogens (tertiary/aromatic N) is 1. The zero-order chi connectivity index (χ0) is 19.0. The van der Waals surface area contributed by atoms with Gasteiger partial charge in [0, 0.05) is 22.8 Å². The van der Waals surface area contributed by atoms with E-state index < -0.39 is 4.75 Å². The molecule has 28 heavy (non-hydrogen) atoms. The number of anilines is 1. The minimum absolute atomic E-state index is 0.127. The van der Waals surface area contributed by atoms with Crippen LogP contribution in [0.3, 0.4) is 0 Å². The van der Waals surface area contributed by atoms with Crippen LogP contribution in [0.15, 0.2) is 84.9 Å². The third-order valence-corrected chi connectivity index (χ3v) is 8.81. The molecular weight excluding hydrogens is 382 g/mol. The van der Waals surface area contributed by atoms with Gasteiger partial charge in [-0.15, -0.1) is 11.8 Å². The van der Waals surface area contributed by atoms with E-state index in [0.717, 1.165) is 22.8 Å². The molecule has 5 rings (SSSR count). The topological polar surface area (TPSA) is 20.3 Å². The van der Waals surface area contributed by atoms with Crippen molar-refractivity contribution in [3.63, 3.8) is 0 Å². The Morgan fingerprint density at radius 3 is 2.32 bits per heavy atom. The van der Waals surface area contributed by atoms with E-state index >= 15 is 0 Å². The van der Waals surface area contributed by atoms with Crippen molar-refractivity contribution in [2.24, 2.45) is 0 Å². The summed E-state index contributed by atoms with van der Waals surface area (Å²) >= 11 is 3.75. The SMILES string of the molecule is O=C1N(Cc2ccccc2)c2ccccc2[C@@]12SCCS[C@@H]2c1ccccc1. The lowest BCUT2D eigenvalue weighted by Crippen LogP contribution is -2.43. The van der Waals surface area contributed by atoms with Crippen molar-refractivity contribution < 1.29 is 4.79 Å². The predicted molar refractivity (Wildman–Crippen MR) is 120 cm³/mol. The van der Waals surface area contributed by atoms with Gasteiger partial charge in [-0.3, -0.25) is 4.79 Å². The third kappa shape index (κ3) is 2.78. The second-order valence-electron chi connectivity index (χ2n) is 7.14. The second-order valence-corrected chi connectivity index (χ2v) is 9.69. The van der Waals surface area contributed by atoms with Crippen molar-refractivity contribution in [1.82, 2.24) is 0 Å². The van der Waals surface area contributed by atoms with Gasteiger partial charge in [0.05, 0.1) is 11.8 Å². The molecule has 0 bridgehead atoms. The minimum Gasteiger partial charge on any atom is -0.306 e. The maximum Gasteiger partial charge on any atom is 0.249 e. The van der Waals surface area contributed by atoms with Crippen LogP contribution in [0.25, 0.3) is 0 Å². The first-order valence-electron chi connectivity index (χ1n) is 9.56. The Hall–Kier alpha value is -2.17. The molecule has 0 aromatic heterocycles. The maximum absolute atomic E-state index is 14.0. The molecule has 0 aliphatic carbocycles. The summed E-state index contributed by atoms with van der Waals surface area (Å²) in [6.07, 6.45) is 0. The molecule has 2 nitrogen and oxygen atoms in total. The Morgan fingerprint density at radius 2 is 1.54 bits per heavy atom. The molecule has 0 radical (unpaired) electrons. The number of carbonyl (C=O) groups excluding carboxylic acids is 1.